The average molecular weight is 360 g/mol. The molecule has 1 aromatic heterocycles. The molecule has 1 amide bonds. The second kappa shape index (κ2) is 8.15. The van der Waals surface area contributed by atoms with E-state index in [4.69, 9.17) is 11.6 Å². The molecule has 2 unspecified atom stereocenters. The average Bonchev–Trinajstić information content (AvgIpc) is 2.57. The van der Waals surface area contributed by atoms with Gasteiger partial charge in [0.25, 0.3) is 5.91 Å². The standard InChI is InChI=1S/C20H26ClN3O/c1-14-10-15(2)13-24(12-14)9-5-8-22-20(25)17-11-19(21)23-18-7-4-3-6-16(17)18/h3-4,6-7,11,14-15H,5,8-10,12-13H2,1-2H3,(H,22,25). The highest BCUT2D eigenvalue weighted by molar-refractivity contribution is 6.30. The molecule has 1 aliphatic heterocycles. The number of rotatable bonds is 5. The molecule has 2 heterocycles. The molecule has 1 N–H and O–H groups in total. The van der Waals surface area contributed by atoms with Crippen molar-refractivity contribution in [3.8, 4) is 0 Å². The molecular weight excluding hydrogens is 334 g/mol. The molecule has 25 heavy (non-hydrogen) atoms. The van der Waals surface area contributed by atoms with E-state index in [1.54, 1.807) is 6.07 Å². The summed E-state index contributed by atoms with van der Waals surface area (Å²) in [5, 5.41) is 4.21. The Morgan fingerprint density at radius 3 is 2.76 bits per heavy atom. The van der Waals surface area contributed by atoms with Gasteiger partial charge in [-0.15, -0.1) is 0 Å². The normalized spacial score (nSPS) is 21.4. The van der Waals surface area contributed by atoms with Gasteiger partial charge in [0.15, 0.2) is 0 Å². The number of nitrogens with one attached hydrogen (secondary N) is 1. The first kappa shape index (κ1) is 18.2. The van der Waals surface area contributed by atoms with Crippen molar-refractivity contribution in [3.63, 3.8) is 0 Å². The van der Waals surface area contributed by atoms with Crippen LogP contribution in [0.3, 0.4) is 0 Å². The number of para-hydroxylation sites is 1. The number of likely N-dealkylation sites (tertiary alicyclic amines) is 1. The van der Waals surface area contributed by atoms with Gasteiger partial charge in [0.1, 0.15) is 5.15 Å². The van der Waals surface area contributed by atoms with Gasteiger partial charge in [-0.2, -0.15) is 0 Å². The number of carbonyl (C=O) groups is 1. The Morgan fingerprint density at radius 2 is 2.00 bits per heavy atom. The summed E-state index contributed by atoms with van der Waals surface area (Å²) >= 11 is 6.06. The Hall–Kier alpha value is -1.65. The lowest BCUT2D eigenvalue weighted by Crippen LogP contribution is -2.40. The lowest BCUT2D eigenvalue weighted by molar-refractivity contribution is 0.0949. The number of fused-ring (bicyclic) bond motifs is 1. The lowest BCUT2D eigenvalue weighted by atomic mass is 9.92. The van der Waals surface area contributed by atoms with E-state index < -0.39 is 0 Å². The van der Waals surface area contributed by atoms with Gasteiger partial charge in [0.05, 0.1) is 11.1 Å². The number of benzene rings is 1. The number of pyridine rings is 1. The first-order valence-electron chi connectivity index (χ1n) is 9.08. The van der Waals surface area contributed by atoms with Crippen LogP contribution < -0.4 is 5.32 Å². The summed E-state index contributed by atoms with van der Waals surface area (Å²) in [6.07, 6.45) is 2.28. The summed E-state index contributed by atoms with van der Waals surface area (Å²) < 4.78 is 0. The van der Waals surface area contributed by atoms with Crippen molar-refractivity contribution in [1.82, 2.24) is 15.2 Å². The van der Waals surface area contributed by atoms with E-state index in [1.165, 1.54) is 19.5 Å². The molecule has 0 aliphatic carbocycles. The fourth-order valence-corrected chi connectivity index (χ4v) is 4.11. The fraction of sp³-hybridized carbons (Fsp3) is 0.500. The molecule has 3 rings (SSSR count). The van der Waals surface area contributed by atoms with Gasteiger partial charge in [0.2, 0.25) is 0 Å². The van der Waals surface area contributed by atoms with Crippen molar-refractivity contribution in [2.45, 2.75) is 26.7 Å². The Morgan fingerprint density at radius 1 is 1.28 bits per heavy atom. The molecule has 1 aromatic carbocycles. The van der Waals surface area contributed by atoms with Crippen LogP contribution >= 0.6 is 11.6 Å². The predicted octanol–water partition coefficient (Wildman–Crippen LogP) is 3.99. The van der Waals surface area contributed by atoms with Gasteiger partial charge >= 0.3 is 0 Å². The summed E-state index contributed by atoms with van der Waals surface area (Å²) in [6, 6.07) is 9.23. The van der Waals surface area contributed by atoms with Crippen molar-refractivity contribution in [2.24, 2.45) is 11.8 Å². The molecule has 2 aromatic rings. The number of aromatic nitrogens is 1. The molecule has 4 nitrogen and oxygen atoms in total. The van der Waals surface area contributed by atoms with E-state index in [0.29, 0.717) is 17.3 Å². The zero-order valence-corrected chi connectivity index (χ0v) is 15.7. The summed E-state index contributed by atoms with van der Waals surface area (Å²) in [7, 11) is 0. The molecule has 0 saturated carbocycles. The number of carbonyl (C=O) groups excluding carboxylic acids is 1. The largest absolute Gasteiger partial charge is 0.352 e. The number of halogens is 1. The van der Waals surface area contributed by atoms with Crippen LogP contribution in [-0.2, 0) is 0 Å². The van der Waals surface area contributed by atoms with Crippen molar-refractivity contribution in [3.05, 3.63) is 41.0 Å². The summed E-state index contributed by atoms with van der Waals surface area (Å²) in [5.41, 5.74) is 1.34. The van der Waals surface area contributed by atoms with Gasteiger partial charge in [0, 0.05) is 25.0 Å². The Labute approximate surface area is 154 Å². The first-order valence-corrected chi connectivity index (χ1v) is 9.46. The second-order valence-corrected chi connectivity index (χ2v) is 7.71. The van der Waals surface area contributed by atoms with Crippen LogP contribution in [0.1, 0.15) is 37.0 Å². The predicted molar refractivity (Wildman–Crippen MR) is 103 cm³/mol. The Balaban J connectivity index is 1.55. The van der Waals surface area contributed by atoms with Crippen molar-refractivity contribution < 1.29 is 4.79 Å². The van der Waals surface area contributed by atoms with E-state index in [-0.39, 0.29) is 5.91 Å². The molecule has 1 saturated heterocycles. The molecule has 5 heteroatoms. The highest BCUT2D eigenvalue weighted by Crippen LogP contribution is 2.22. The second-order valence-electron chi connectivity index (χ2n) is 7.32. The SMILES string of the molecule is CC1CC(C)CN(CCCNC(=O)c2cc(Cl)nc3ccccc23)C1. The van der Waals surface area contributed by atoms with E-state index in [9.17, 15) is 4.79 Å². The van der Waals surface area contributed by atoms with Crippen molar-refractivity contribution in [1.29, 1.82) is 0 Å². The number of hydrogen-bond acceptors (Lipinski definition) is 3. The number of amides is 1. The number of hydrogen-bond donors (Lipinski definition) is 1. The molecular formula is C20H26ClN3O. The van der Waals surface area contributed by atoms with Gasteiger partial charge in [-0.05, 0) is 43.4 Å². The first-order chi connectivity index (χ1) is 12.0. The van der Waals surface area contributed by atoms with Gasteiger partial charge in [-0.3, -0.25) is 4.79 Å². The van der Waals surface area contributed by atoms with Crippen molar-refractivity contribution >= 4 is 28.4 Å². The molecule has 0 bridgehead atoms. The molecule has 1 aliphatic rings. The number of nitrogens with zero attached hydrogens (tertiary/aromatic N) is 2. The minimum atomic E-state index is -0.0825. The summed E-state index contributed by atoms with van der Waals surface area (Å²) in [5.74, 6) is 1.45. The summed E-state index contributed by atoms with van der Waals surface area (Å²) in [6.45, 7) is 8.69. The third kappa shape index (κ3) is 4.71. The van der Waals surface area contributed by atoms with Crippen LogP contribution in [0.25, 0.3) is 10.9 Å². The smallest absolute Gasteiger partial charge is 0.252 e. The quantitative estimate of drug-likeness (QED) is 0.648. The molecule has 134 valence electrons. The lowest BCUT2D eigenvalue weighted by Gasteiger charge is -2.34. The number of piperidine rings is 1. The van der Waals surface area contributed by atoms with Crippen LogP contribution in [0.2, 0.25) is 5.15 Å². The van der Waals surface area contributed by atoms with Crippen LogP contribution in [0.5, 0.6) is 0 Å². The van der Waals surface area contributed by atoms with Gasteiger partial charge in [-0.25, -0.2) is 4.98 Å². The van der Waals surface area contributed by atoms with Crippen molar-refractivity contribution in [2.75, 3.05) is 26.2 Å². The van der Waals surface area contributed by atoms with E-state index in [0.717, 1.165) is 35.7 Å². The Bertz CT molecular complexity index is 739. The third-order valence-corrected chi connectivity index (χ3v) is 5.00. The van der Waals surface area contributed by atoms with E-state index in [1.807, 2.05) is 24.3 Å². The molecule has 2 atom stereocenters. The van der Waals surface area contributed by atoms with E-state index in [2.05, 4.69) is 29.0 Å². The fourth-order valence-electron chi connectivity index (χ4n) is 3.91. The van der Waals surface area contributed by atoms with Crippen LogP contribution in [0, 0.1) is 11.8 Å². The van der Waals surface area contributed by atoms with Gasteiger partial charge < -0.3 is 10.2 Å². The minimum Gasteiger partial charge on any atom is -0.352 e. The zero-order chi connectivity index (χ0) is 17.8. The van der Waals surface area contributed by atoms with Crippen LogP contribution in [-0.4, -0.2) is 42.0 Å². The maximum absolute atomic E-state index is 12.6. The topological polar surface area (TPSA) is 45.2 Å². The monoisotopic (exact) mass is 359 g/mol. The van der Waals surface area contributed by atoms with Crippen LogP contribution in [0.4, 0.5) is 0 Å². The maximum atomic E-state index is 12.6. The summed E-state index contributed by atoms with van der Waals surface area (Å²) in [4.78, 5) is 19.3. The molecule has 1 fully saturated rings. The maximum Gasteiger partial charge on any atom is 0.252 e. The zero-order valence-electron chi connectivity index (χ0n) is 15.0. The Kier molecular flexibility index (Phi) is 5.92. The minimum absolute atomic E-state index is 0.0825. The van der Waals surface area contributed by atoms with E-state index >= 15 is 0 Å². The highest BCUT2D eigenvalue weighted by atomic mass is 35.5. The molecule has 0 spiro atoms. The third-order valence-electron chi connectivity index (χ3n) is 4.81. The molecule has 0 radical (unpaired) electrons. The highest BCUT2D eigenvalue weighted by Gasteiger charge is 2.21. The van der Waals surface area contributed by atoms with Gasteiger partial charge in [-0.1, -0.05) is 43.6 Å². The van der Waals surface area contributed by atoms with Crippen LogP contribution in [0.15, 0.2) is 30.3 Å².